The van der Waals surface area contributed by atoms with Crippen molar-refractivity contribution in [2.24, 2.45) is 11.7 Å². The number of hydrogen-bond donors (Lipinski definition) is 3. The van der Waals surface area contributed by atoms with E-state index in [2.05, 4.69) is 16.5 Å². The second-order valence-electron chi connectivity index (χ2n) is 5.95. The zero-order valence-corrected chi connectivity index (χ0v) is 13.1. The van der Waals surface area contributed by atoms with E-state index in [1.54, 1.807) is 0 Å². The molecule has 124 valence electrons. The number of benzene rings is 1. The molecular formula is C17H19N5O2. The number of aromatic nitrogens is 2. The van der Waals surface area contributed by atoms with Gasteiger partial charge in [-0.2, -0.15) is 10.4 Å². The van der Waals surface area contributed by atoms with E-state index in [9.17, 15) is 15.2 Å². The van der Waals surface area contributed by atoms with Crippen molar-refractivity contribution in [2.75, 3.05) is 5.32 Å². The van der Waals surface area contributed by atoms with Crippen molar-refractivity contribution >= 4 is 17.4 Å². The quantitative estimate of drug-likeness (QED) is 0.794. The maximum Gasteiger partial charge on any atom is 0.254 e. The average molecular weight is 325 g/mol. The molecule has 2 aromatic rings. The molecule has 1 amide bonds. The van der Waals surface area contributed by atoms with Crippen LogP contribution in [0.25, 0.3) is 0 Å². The van der Waals surface area contributed by atoms with Gasteiger partial charge in [-0.25, -0.2) is 0 Å². The molecule has 3 rings (SSSR count). The summed E-state index contributed by atoms with van der Waals surface area (Å²) in [5.74, 6) is -0.638. The third kappa shape index (κ3) is 3.09. The molecule has 1 aromatic heterocycles. The second-order valence-corrected chi connectivity index (χ2v) is 5.95. The summed E-state index contributed by atoms with van der Waals surface area (Å²) >= 11 is 0. The van der Waals surface area contributed by atoms with E-state index in [1.165, 1.54) is 10.9 Å². The highest BCUT2D eigenvalue weighted by atomic mass is 16.3. The first kappa shape index (κ1) is 16.0. The van der Waals surface area contributed by atoms with Gasteiger partial charge in [0.05, 0.1) is 24.1 Å². The Morgan fingerprint density at radius 2 is 2.12 bits per heavy atom. The summed E-state index contributed by atoms with van der Waals surface area (Å²) in [4.78, 5) is 11.7. The van der Waals surface area contributed by atoms with Crippen LogP contribution in [-0.2, 0) is 0 Å². The Labute approximate surface area is 139 Å². The van der Waals surface area contributed by atoms with Crippen molar-refractivity contribution in [2.45, 2.75) is 31.4 Å². The SMILES string of the molecule is N#C[C@H]1CCC[C@@H](O)[C@@H]1n1cc(C(N)=O)c(Nc2ccccc2)n1. The van der Waals surface area contributed by atoms with Gasteiger partial charge >= 0.3 is 0 Å². The van der Waals surface area contributed by atoms with Gasteiger partial charge in [0.25, 0.3) is 5.91 Å². The number of aliphatic hydroxyl groups excluding tert-OH is 1. The summed E-state index contributed by atoms with van der Waals surface area (Å²) in [5, 5.41) is 27.1. The summed E-state index contributed by atoms with van der Waals surface area (Å²) in [5.41, 5.74) is 6.45. The smallest absolute Gasteiger partial charge is 0.254 e. The van der Waals surface area contributed by atoms with Crippen LogP contribution in [0.3, 0.4) is 0 Å². The van der Waals surface area contributed by atoms with Gasteiger partial charge < -0.3 is 16.2 Å². The molecule has 0 unspecified atom stereocenters. The summed E-state index contributed by atoms with van der Waals surface area (Å²) in [6, 6.07) is 11.0. The molecule has 7 heteroatoms. The highest BCUT2D eigenvalue weighted by Gasteiger charge is 2.35. The summed E-state index contributed by atoms with van der Waals surface area (Å²) < 4.78 is 1.50. The van der Waals surface area contributed by atoms with Gasteiger partial charge in [-0.1, -0.05) is 18.2 Å². The highest BCUT2D eigenvalue weighted by Crippen LogP contribution is 2.34. The molecule has 1 aromatic carbocycles. The predicted molar refractivity (Wildman–Crippen MR) is 88.5 cm³/mol. The van der Waals surface area contributed by atoms with E-state index in [4.69, 9.17) is 5.73 Å². The minimum Gasteiger partial charge on any atom is -0.391 e. The lowest BCUT2D eigenvalue weighted by Gasteiger charge is -2.31. The average Bonchev–Trinajstić information content (AvgIpc) is 2.99. The number of aliphatic hydroxyl groups is 1. The van der Waals surface area contributed by atoms with Gasteiger partial charge in [-0.15, -0.1) is 0 Å². The molecule has 3 atom stereocenters. The third-order valence-corrected chi connectivity index (χ3v) is 4.33. The lowest BCUT2D eigenvalue weighted by molar-refractivity contribution is 0.0494. The van der Waals surface area contributed by atoms with Crippen LogP contribution in [0, 0.1) is 17.2 Å². The first-order chi connectivity index (χ1) is 11.6. The predicted octanol–water partition coefficient (Wildman–Crippen LogP) is 1.95. The maximum atomic E-state index is 11.7. The van der Waals surface area contributed by atoms with Crippen molar-refractivity contribution in [3.63, 3.8) is 0 Å². The fourth-order valence-electron chi connectivity index (χ4n) is 3.13. The van der Waals surface area contributed by atoms with Crippen molar-refractivity contribution < 1.29 is 9.90 Å². The number of nitrogens with one attached hydrogen (secondary N) is 1. The van der Waals surface area contributed by atoms with Crippen LogP contribution in [-0.4, -0.2) is 26.9 Å². The number of carbonyl (C=O) groups is 1. The molecule has 1 saturated carbocycles. The van der Waals surface area contributed by atoms with Crippen LogP contribution in [0.4, 0.5) is 11.5 Å². The minimum atomic E-state index is -0.673. The van der Waals surface area contributed by atoms with Gasteiger partial charge in [0.2, 0.25) is 0 Å². The van der Waals surface area contributed by atoms with Gasteiger partial charge in [0.1, 0.15) is 5.56 Å². The standard InChI is InChI=1S/C17H19N5O2/c18-9-11-5-4-8-14(23)15(11)22-10-13(16(19)24)17(21-22)20-12-6-2-1-3-7-12/h1-3,6-7,10-11,14-15,23H,4-5,8H2,(H2,19,24)(H,20,21)/t11-,14-,15-/m1/s1. The molecule has 0 spiro atoms. The van der Waals surface area contributed by atoms with E-state index in [1.807, 2.05) is 30.3 Å². The number of nitriles is 1. The molecule has 1 fully saturated rings. The molecule has 1 aliphatic rings. The molecule has 0 aliphatic heterocycles. The number of carbonyl (C=O) groups excluding carboxylic acids is 1. The van der Waals surface area contributed by atoms with Gasteiger partial charge in [0.15, 0.2) is 5.82 Å². The summed E-state index contributed by atoms with van der Waals surface area (Å²) in [7, 11) is 0. The van der Waals surface area contributed by atoms with Crippen molar-refractivity contribution in [1.82, 2.24) is 9.78 Å². The molecule has 1 heterocycles. The Hall–Kier alpha value is -2.85. The van der Waals surface area contributed by atoms with Crippen LogP contribution >= 0.6 is 0 Å². The molecule has 0 bridgehead atoms. The van der Waals surface area contributed by atoms with Crippen molar-refractivity contribution in [3.05, 3.63) is 42.1 Å². The van der Waals surface area contributed by atoms with Crippen LogP contribution < -0.4 is 11.1 Å². The van der Waals surface area contributed by atoms with Gasteiger partial charge in [-0.05, 0) is 31.4 Å². The van der Waals surface area contributed by atoms with E-state index < -0.39 is 18.1 Å². The largest absolute Gasteiger partial charge is 0.391 e. The first-order valence-corrected chi connectivity index (χ1v) is 7.89. The number of primary amides is 1. The van der Waals surface area contributed by atoms with E-state index in [0.717, 1.165) is 12.1 Å². The highest BCUT2D eigenvalue weighted by molar-refractivity contribution is 5.98. The number of hydrogen-bond acceptors (Lipinski definition) is 5. The van der Waals surface area contributed by atoms with Crippen LogP contribution in [0.5, 0.6) is 0 Å². The van der Waals surface area contributed by atoms with E-state index in [-0.39, 0.29) is 11.5 Å². The van der Waals surface area contributed by atoms with E-state index in [0.29, 0.717) is 18.7 Å². The van der Waals surface area contributed by atoms with Crippen LogP contribution in [0.2, 0.25) is 0 Å². The fourth-order valence-corrected chi connectivity index (χ4v) is 3.13. The zero-order chi connectivity index (χ0) is 17.1. The Bertz CT molecular complexity index is 765. The number of nitrogens with zero attached hydrogens (tertiary/aromatic N) is 3. The van der Waals surface area contributed by atoms with Gasteiger partial charge in [-0.3, -0.25) is 9.48 Å². The number of para-hydroxylation sites is 1. The van der Waals surface area contributed by atoms with Crippen molar-refractivity contribution in [1.29, 1.82) is 5.26 Å². The summed E-state index contributed by atoms with van der Waals surface area (Å²) in [6.45, 7) is 0. The molecule has 7 nitrogen and oxygen atoms in total. The molecular weight excluding hydrogens is 306 g/mol. The monoisotopic (exact) mass is 325 g/mol. The lowest BCUT2D eigenvalue weighted by Crippen LogP contribution is -2.34. The molecule has 24 heavy (non-hydrogen) atoms. The van der Waals surface area contributed by atoms with Crippen molar-refractivity contribution in [3.8, 4) is 6.07 Å². The van der Waals surface area contributed by atoms with Crippen LogP contribution in [0.15, 0.2) is 36.5 Å². The Balaban J connectivity index is 1.96. The Morgan fingerprint density at radius 1 is 1.38 bits per heavy atom. The Morgan fingerprint density at radius 3 is 2.79 bits per heavy atom. The Kier molecular flexibility index (Phi) is 4.49. The zero-order valence-electron chi connectivity index (χ0n) is 13.1. The number of rotatable bonds is 4. The lowest BCUT2D eigenvalue weighted by atomic mass is 9.83. The third-order valence-electron chi connectivity index (χ3n) is 4.33. The number of amides is 1. The normalized spacial score (nSPS) is 23.4. The molecule has 0 radical (unpaired) electrons. The second kappa shape index (κ2) is 6.72. The molecule has 0 saturated heterocycles. The molecule has 4 N–H and O–H groups in total. The van der Waals surface area contributed by atoms with E-state index >= 15 is 0 Å². The minimum absolute atomic E-state index is 0.230. The summed E-state index contributed by atoms with van der Waals surface area (Å²) in [6.07, 6.45) is 2.95. The topological polar surface area (TPSA) is 117 Å². The number of anilines is 2. The first-order valence-electron chi connectivity index (χ1n) is 7.89. The van der Waals surface area contributed by atoms with Crippen LogP contribution in [0.1, 0.15) is 35.7 Å². The molecule has 1 aliphatic carbocycles. The fraction of sp³-hybridized carbons (Fsp3) is 0.353. The maximum absolute atomic E-state index is 11.7. The number of nitrogens with two attached hydrogens (primary N) is 1. The van der Waals surface area contributed by atoms with Gasteiger partial charge in [0, 0.05) is 11.9 Å².